The zero-order valence-corrected chi connectivity index (χ0v) is 11.9. The predicted octanol–water partition coefficient (Wildman–Crippen LogP) is 2.57. The third-order valence-corrected chi connectivity index (χ3v) is 4.94. The summed E-state index contributed by atoms with van der Waals surface area (Å²) in [6.45, 7) is 8.27. The zero-order valence-electron chi connectivity index (χ0n) is 11.1. The van der Waals surface area contributed by atoms with Crippen molar-refractivity contribution in [2.75, 3.05) is 5.75 Å². The van der Waals surface area contributed by atoms with Crippen LogP contribution in [-0.4, -0.2) is 22.4 Å². The quantitative estimate of drug-likeness (QED) is 0.792. The minimum atomic E-state index is -0.654. The monoisotopic (exact) mass is 254 g/mol. The molecule has 1 aliphatic carbocycles. The first-order chi connectivity index (χ1) is 7.89. The molecule has 0 unspecified atom stereocenters. The molecule has 0 aromatic heterocycles. The van der Waals surface area contributed by atoms with Crippen LogP contribution in [0.15, 0.2) is 0 Å². The summed E-state index contributed by atoms with van der Waals surface area (Å²) < 4.78 is 0. The standard InChI is InChI=1S/C13H22N2OS/c1-9(2)10(3)17-7-12(16)15-13(4,8-14)11-5-6-11/h9-11H,5-7H2,1-4H3,(H,15,16)/t10-,13-/m1/s1. The van der Waals surface area contributed by atoms with Gasteiger partial charge in [0, 0.05) is 5.25 Å². The van der Waals surface area contributed by atoms with Crippen LogP contribution in [-0.2, 0) is 4.79 Å². The van der Waals surface area contributed by atoms with E-state index < -0.39 is 5.54 Å². The van der Waals surface area contributed by atoms with Crippen LogP contribution in [0.2, 0.25) is 0 Å². The first-order valence-corrected chi connectivity index (χ1v) is 7.27. The van der Waals surface area contributed by atoms with E-state index in [1.807, 2.05) is 6.92 Å². The molecule has 0 saturated heterocycles. The molecule has 1 fully saturated rings. The van der Waals surface area contributed by atoms with Gasteiger partial charge in [-0.25, -0.2) is 0 Å². The van der Waals surface area contributed by atoms with Gasteiger partial charge >= 0.3 is 0 Å². The van der Waals surface area contributed by atoms with Crippen molar-refractivity contribution in [2.45, 2.75) is 51.3 Å². The molecule has 96 valence electrons. The Hall–Kier alpha value is -0.690. The summed E-state index contributed by atoms with van der Waals surface area (Å²) in [5.74, 6) is 1.35. The summed E-state index contributed by atoms with van der Waals surface area (Å²) in [6, 6.07) is 2.24. The molecule has 1 N–H and O–H groups in total. The van der Waals surface area contributed by atoms with Crippen molar-refractivity contribution in [3.05, 3.63) is 0 Å². The smallest absolute Gasteiger partial charge is 0.231 e. The van der Waals surface area contributed by atoms with Crippen LogP contribution in [0, 0.1) is 23.2 Å². The first kappa shape index (κ1) is 14.4. The molecule has 4 heteroatoms. The van der Waals surface area contributed by atoms with Crippen molar-refractivity contribution < 1.29 is 4.79 Å². The number of nitriles is 1. The molecule has 0 bridgehead atoms. The summed E-state index contributed by atoms with van der Waals surface area (Å²) in [6.07, 6.45) is 2.11. The largest absolute Gasteiger partial charge is 0.337 e. The molecule has 1 saturated carbocycles. The fraction of sp³-hybridized carbons (Fsp3) is 0.846. The Morgan fingerprint density at radius 1 is 1.53 bits per heavy atom. The van der Waals surface area contributed by atoms with Gasteiger partial charge in [0.15, 0.2) is 0 Å². The van der Waals surface area contributed by atoms with E-state index >= 15 is 0 Å². The van der Waals surface area contributed by atoms with Crippen molar-refractivity contribution in [3.63, 3.8) is 0 Å². The summed E-state index contributed by atoms with van der Waals surface area (Å²) in [5.41, 5.74) is -0.654. The lowest BCUT2D eigenvalue weighted by Gasteiger charge is -2.23. The van der Waals surface area contributed by atoms with Gasteiger partial charge in [-0.1, -0.05) is 20.8 Å². The normalized spacial score (nSPS) is 20.5. The van der Waals surface area contributed by atoms with E-state index in [1.54, 1.807) is 11.8 Å². The van der Waals surface area contributed by atoms with Gasteiger partial charge in [0.25, 0.3) is 0 Å². The van der Waals surface area contributed by atoms with Crippen LogP contribution in [0.4, 0.5) is 0 Å². The van der Waals surface area contributed by atoms with E-state index in [9.17, 15) is 4.79 Å². The molecule has 3 nitrogen and oxygen atoms in total. The summed E-state index contributed by atoms with van der Waals surface area (Å²) in [7, 11) is 0. The average molecular weight is 254 g/mol. The fourth-order valence-corrected chi connectivity index (χ4v) is 2.48. The number of nitrogens with one attached hydrogen (secondary N) is 1. The number of hydrogen-bond donors (Lipinski definition) is 1. The number of nitrogens with zero attached hydrogens (tertiary/aromatic N) is 1. The Bertz CT molecular complexity index is 320. The molecule has 17 heavy (non-hydrogen) atoms. The van der Waals surface area contributed by atoms with Crippen molar-refractivity contribution >= 4 is 17.7 Å². The molecule has 1 rings (SSSR count). The second kappa shape index (κ2) is 5.77. The zero-order chi connectivity index (χ0) is 13.1. The fourth-order valence-electron chi connectivity index (χ4n) is 1.61. The molecule has 2 atom stereocenters. The Morgan fingerprint density at radius 3 is 2.53 bits per heavy atom. The van der Waals surface area contributed by atoms with Crippen LogP contribution >= 0.6 is 11.8 Å². The Morgan fingerprint density at radius 2 is 2.12 bits per heavy atom. The van der Waals surface area contributed by atoms with Crippen molar-refractivity contribution in [1.29, 1.82) is 5.26 Å². The lowest BCUT2D eigenvalue weighted by atomic mass is 9.98. The average Bonchev–Trinajstić information content (AvgIpc) is 3.09. The van der Waals surface area contributed by atoms with Crippen LogP contribution < -0.4 is 5.32 Å². The minimum Gasteiger partial charge on any atom is -0.337 e. The highest BCUT2D eigenvalue weighted by atomic mass is 32.2. The van der Waals surface area contributed by atoms with Crippen LogP contribution in [0.1, 0.15) is 40.5 Å². The molecule has 1 amide bonds. The van der Waals surface area contributed by atoms with E-state index in [0.717, 1.165) is 12.8 Å². The number of carbonyl (C=O) groups excluding carboxylic acids is 1. The van der Waals surface area contributed by atoms with Gasteiger partial charge in [0.05, 0.1) is 11.8 Å². The molecule has 0 aliphatic heterocycles. The molecular formula is C13H22N2OS. The predicted molar refractivity (Wildman–Crippen MR) is 71.6 cm³/mol. The number of carbonyl (C=O) groups is 1. The van der Waals surface area contributed by atoms with Gasteiger partial charge in [0.2, 0.25) is 5.91 Å². The van der Waals surface area contributed by atoms with Crippen LogP contribution in [0.5, 0.6) is 0 Å². The number of rotatable bonds is 6. The molecule has 1 aliphatic rings. The highest BCUT2D eigenvalue weighted by Crippen LogP contribution is 2.39. The topological polar surface area (TPSA) is 52.9 Å². The van der Waals surface area contributed by atoms with E-state index in [2.05, 4.69) is 32.2 Å². The highest BCUT2D eigenvalue weighted by Gasteiger charge is 2.42. The third kappa shape index (κ3) is 4.23. The van der Waals surface area contributed by atoms with Gasteiger partial charge in [-0.3, -0.25) is 4.79 Å². The van der Waals surface area contributed by atoms with E-state index in [-0.39, 0.29) is 5.91 Å². The van der Waals surface area contributed by atoms with E-state index in [4.69, 9.17) is 5.26 Å². The first-order valence-electron chi connectivity index (χ1n) is 6.23. The summed E-state index contributed by atoms with van der Waals surface area (Å²) in [5, 5.41) is 12.5. The van der Waals surface area contributed by atoms with Gasteiger partial charge < -0.3 is 5.32 Å². The van der Waals surface area contributed by atoms with Gasteiger partial charge in [-0.2, -0.15) is 5.26 Å². The second-order valence-corrected chi connectivity index (χ2v) is 6.76. The van der Waals surface area contributed by atoms with Gasteiger partial charge in [-0.05, 0) is 31.6 Å². The maximum absolute atomic E-state index is 11.8. The highest BCUT2D eigenvalue weighted by molar-refractivity contribution is 8.00. The molecule has 0 radical (unpaired) electrons. The Kier molecular flexibility index (Phi) is 4.88. The lowest BCUT2D eigenvalue weighted by Crippen LogP contribution is -2.47. The lowest BCUT2D eigenvalue weighted by molar-refractivity contribution is -0.119. The third-order valence-electron chi connectivity index (χ3n) is 3.44. The number of amides is 1. The van der Waals surface area contributed by atoms with Gasteiger partial charge in [-0.15, -0.1) is 11.8 Å². The van der Waals surface area contributed by atoms with Crippen LogP contribution in [0.3, 0.4) is 0 Å². The summed E-state index contributed by atoms with van der Waals surface area (Å²) >= 11 is 1.65. The van der Waals surface area contributed by atoms with Crippen molar-refractivity contribution in [3.8, 4) is 6.07 Å². The maximum Gasteiger partial charge on any atom is 0.231 e. The van der Waals surface area contributed by atoms with Gasteiger partial charge in [0.1, 0.15) is 5.54 Å². The number of thioether (sulfide) groups is 1. The molecule has 0 aromatic rings. The summed E-state index contributed by atoms with van der Waals surface area (Å²) in [4.78, 5) is 11.8. The SMILES string of the molecule is CC(C)[C@@H](C)SCC(=O)N[C@](C)(C#N)C1CC1. The Balaban J connectivity index is 2.36. The van der Waals surface area contributed by atoms with Crippen molar-refractivity contribution in [2.24, 2.45) is 11.8 Å². The molecule has 0 spiro atoms. The molecule has 0 aromatic carbocycles. The Labute approximate surface area is 108 Å². The minimum absolute atomic E-state index is 0.0153. The van der Waals surface area contributed by atoms with Crippen molar-refractivity contribution in [1.82, 2.24) is 5.32 Å². The van der Waals surface area contributed by atoms with E-state index in [0.29, 0.717) is 22.8 Å². The maximum atomic E-state index is 11.8. The molecular weight excluding hydrogens is 232 g/mol. The van der Waals surface area contributed by atoms with Crippen LogP contribution in [0.25, 0.3) is 0 Å². The second-order valence-electron chi connectivity index (χ2n) is 5.40. The van der Waals surface area contributed by atoms with E-state index in [1.165, 1.54) is 0 Å². The number of hydrogen-bond acceptors (Lipinski definition) is 3. The molecule has 0 heterocycles.